The smallest absolute Gasteiger partial charge is 0.0378 e. The summed E-state index contributed by atoms with van der Waals surface area (Å²) in [7, 11) is 0. The first kappa shape index (κ1) is 8.45. The number of nitrogens with zero attached hydrogens (tertiary/aromatic N) is 1. The molecule has 0 saturated heterocycles. The topological polar surface area (TPSA) is 12.9 Å². The van der Waals surface area contributed by atoms with Crippen LogP contribution in [0.1, 0.15) is 10.6 Å². The van der Waals surface area contributed by atoms with Gasteiger partial charge < -0.3 is 0 Å². The highest BCUT2D eigenvalue weighted by Gasteiger charge is 1.99. The maximum Gasteiger partial charge on any atom is 0.0378 e. The van der Waals surface area contributed by atoms with Crippen molar-refractivity contribution in [3.05, 3.63) is 40.3 Å². The Balaban J connectivity index is 2.46. The van der Waals surface area contributed by atoms with Gasteiger partial charge in [0.1, 0.15) is 0 Å². The van der Waals surface area contributed by atoms with E-state index in [0.717, 1.165) is 5.69 Å². The Labute approximate surface area is 82.1 Å². The summed E-state index contributed by atoms with van der Waals surface area (Å²) in [6.45, 7) is 4.14. The first-order chi connectivity index (χ1) is 6.25. The Morgan fingerprint density at radius 2 is 2.00 bits per heavy atom. The molecule has 2 heteroatoms. The summed E-state index contributed by atoms with van der Waals surface area (Å²) in [4.78, 5) is 5.53. The zero-order chi connectivity index (χ0) is 9.26. The molecule has 0 radical (unpaired) electrons. The number of hydrogen-bond acceptors (Lipinski definition) is 2. The average Bonchev–Trinajstić information content (AvgIpc) is 2.52. The minimum atomic E-state index is 1.07. The van der Waals surface area contributed by atoms with Gasteiger partial charge in [-0.1, -0.05) is 0 Å². The third-order valence-corrected chi connectivity index (χ3v) is 2.82. The van der Waals surface area contributed by atoms with E-state index in [4.69, 9.17) is 0 Å². The normalized spacial score (nSPS) is 10.3. The molecule has 2 aromatic rings. The zero-order valence-corrected chi connectivity index (χ0v) is 8.56. The van der Waals surface area contributed by atoms with Gasteiger partial charge in [0.15, 0.2) is 0 Å². The quantitative estimate of drug-likeness (QED) is 0.669. The van der Waals surface area contributed by atoms with Gasteiger partial charge in [0.2, 0.25) is 0 Å². The molecular weight excluding hydrogens is 178 g/mol. The third kappa shape index (κ3) is 1.78. The predicted molar refractivity (Wildman–Crippen MR) is 57.0 cm³/mol. The van der Waals surface area contributed by atoms with Gasteiger partial charge in [-0.3, -0.25) is 4.98 Å². The van der Waals surface area contributed by atoms with Gasteiger partial charge in [-0.15, -0.1) is 11.3 Å². The molecule has 13 heavy (non-hydrogen) atoms. The van der Waals surface area contributed by atoms with Crippen LogP contribution in [0.4, 0.5) is 0 Å². The Bertz CT molecular complexity index is 418. The van der Waals surface area contributed by atoms with E-state index in [1.807, 2.05) is 13.1 Å². The van der Waals surface area contributed by atoms with Crippen molar-refractivity contribution in [2.24, 2.45) is 0 Å². The highest BCUT2D eigenvalue weighted by Crippen LogP contribution is 2.24. The first-order valence-electron chi connectivity index (χ1n) is 4.24. The molecular formula is C11H11NS. The summed E-state index contributed by atoms with van der Waals surface area (Å²) in [5.41, 5.74) is 3.63. The molecule has 0 spiro atoms. The molecule has 0 fully saturated rings. The lowest BCUT2D eigenvalue weighted by Gasteiger charge is -1.97. The largest absolute Gasteiger partial charge is 0.262 e. The molecule has 0 N–H and O–H groups in total. The summed E-state index contributed by atoms with van der Waals surface area (Å²) in [6.07, 6.45) is 1.86. The minimum absolute atomic E-state index is 1.07. The fourth-order valence-corrected chi connectivity index (χ4v) is 2.03. The van der Waals surface area contributed by atoms with E-state index in [0.29, 0.717) is 0 Å². The van der Waals surface area contributed by atoms with Crippen molar-refractivity contribution >= 4 is 11.3 Å². The monoisotopic (exact) mass is 189 g/mol. The van der Waals surface area contributed by atoms with Crippen molar-refractivity contribution in [1.29, 1.82) is 0 Å². The maximum atomic E-state index is 4.18. The van der Waals surface area contributed by atoms with Gasteiger partial charge in [0, 0.05) is 16.8 Å². The van der Waals surface area contributed by atoms with Crippen LogP contribution in [0.2, 0.25) is 0 Å². The fourth-order valence-electron chi connectivity index (χ4n) is 1.32. The summed E-state index contributed by atoms with van der Waals surface area (Å²) >= 11 is 1.78. The predicted octanol–water partition coefficient (Wildman–Crippen LogP) is 3.43. The standard InChI is InChI=1S/C11H11NS/c1-8-5-10(3-4-12-8)11-6-9(2)13-7-11/h3-7H,1-2H3. The number of aryl methyl sites for hydroxylation is 2. The van der Waals surface area contributed by atoms with Crippen LogP contribution in [-0.2, 0) is 0 Å². The summed E-state index contributed by atoms with van der Waals surface area (Å²) in [5, 5.41) is 2.18. The van der Waals surface area contributed by atoms with Crippen LogP contribution in [0.5, 0.6) is 0 Å². The third-order valence-electron chi connectivity index (χ3n) is 1.96. The van der Waals surface area contributed by atoms with E-state index in [1.54, 1.807) is 11.3 Å². The van der Waals surface area contributed by atoms with Gasteiger partial charge in [-0.05, 0) is 48.6 Å². The molecule has 0 unspecified atom stereocenters. The summed E-state index contributed by atoms with van der Waals surface area (Å²) in [5.74, 6) is 0. The second-order valence-electron chi connectivity index (χ2n) is 3.13. The molecule has 1 nitrogen and oxygen atoms in total. The summed E-state index contributed by atoms with van der Waals surface area (Å²) < 4.78 is 0. The van der Waals surface area contributed by atoms with E-state index >= 15 is 0 Å². The first-order valence-corrected chi connectivity index (χ1v) is 5.12. The van der Waals surface area contributed by atoms with Crippen LogP contribution in [0.15, 0.2) is 29.8 Å². The number of rotatable bonds is 1. The molecule has 0 aromatic carbocycles. The Kier molecular flexibility index (Phi) is 2.15. The second-order valence-corrected chi connectivity index (χ2v) is 4.25. The van der Waals surface area contributed by atoms with Crippen molar-refractivity contribution in [3.8, 4) is 11.1 Å². The van der Waals surface area contributed by atoms with Gasteiger partial charge >= 0.3 is 0 Å². The number of hydrogen-bond donors (Lipinski definition) is 0. The average molecular weight is 189 g/mol. The molecule has 0 saturated carbocycles. The molecule has 2 aromatic heterocycles. The van der Waals surface area contributed by atoms with Gasteiger partial charge in [-0.25, -0.2) is 0 Å². The Hall–Kier alpha value is -1.15. The van der Waals surface area contributed by atoms with Crippen LogP contribution < -0.4 is 0 Å². The maximum absolute atomic E-state index is 4.18. The van der Waals surface area contributed by atoms with Crippen LogP contribution in [0.3, 0.4) is 0 Å². The van der Waals surface area contributed by atoms with Crippen molar-refractivity contribution < 1.29 is 0 Å². The summed E-state index contributed by atoms with van der Waals surface area (Å²) in [6, 6.07) is 6.37. The Morgan fingerprint density at radius 3 is 2.62 bits per heavy atom. The van der Waals surface area contributed by atoms with Gasteiger partial charge in [0.05, 0.1) is 0 Å². The van der Waals surface area contributed by atoms with Crippen LogP contribution in [-0.4, -0.2) is 4.98 Å². The molecule has 0 aliphatic rings. The van der Waals surface area contributed by atoms with Crippen LogP contribution in [0.25, 0.3) is 11.1 Å². The van der Waals surface area contributed by atoms with Gasteiger partial charge in [0.25, 0.3) is 0 Å². The SMILES string of the molecule is Cc1cc(-c2csc(C)c2)ccn1. The van der Waals surface area contributed by atoms with Crippen molar-refractivity contribution in [3.63, 3.8) is 0 Å². The lowest BCUT2D eigenvalue weighted by atomic mass is 10.1. The second kappa shape index (κ2) is 3.30. The van der Waals surface area contributed by atoms with Crippen LogP contribution in [0, 0.1) is 13.8 Å². The number of thiophene rings is 1. The molecule has 0 aliphatic carbocycles. The van der Waals surface area contributed by atoms with E-state index in [1.165, 1.54) is 16.0 Å². The van der Waals surface area contributed by atoms with Gasteiger partial charge in [-0.2, -0.15) is 0 Å². The van der Waals surface area contributed by atoms with Crippen molar-refractivity contribution in [1.82, 2.24) is 4.98 Å². The molecule has 66 valence electrons. The van der Waals surface area contributed by atoms with Crippen molar-refractivity contribution in [2.75, 3.05) is 0 Å². The molecule has 0 amide bonds. The van der Waals surface area contributed by atoms with Crippen LogP contribution >= 0.6 is 11.3 Å². The lowest BCUT2D eigenvalue weighted by molar-refractivity contribution is 1.20. The molecule has 0 atom stereocenters. The number of pyridine rings is 1. The lowest BCUT2D eigenvalue weighted by Crippen LogP contribution is -1.80. The number of aromatic nitrogens is 1. The van der Waals surface area contributed by atoms with E-state index in [2.05, 4.69) is 35.5 Å². The Morgan fingerprint density at radius 1 is 1.15 bits per heavy atom. The highest BCUT2D eigenvalue weighted by atomic mass is 32.1. The van der Waals surface area contributed by atoms with Crippen molar-refractivity contribution in [2.45, 2.75) is 13.8 Å². The molecule has 0 aliphatic heterocycles. The molecule has 2 heterocycles. The molecule has 0 bridgehead atoms. The fraction of sp³-hybridized carbons (Fsp3) is 0.182. The minimum Gasteiger partial charge on any atom is -0.262 e. The molecule has 2 rings (SSSR count). The van der Waals surface area contributed by atoms with E-state index in [9.17, 15) is 0 Å². The zero-order valence-electron chi connectivity index (χ0n) is 7.74. The highest BCUT2D eigenvalue weighted by molar-refractivity contribution is 7.10. The van der Waals surface area contributed by atoms with E-state index < -0.39 is 0 Å². The van der Waals surface area contributed by atoms with E-state index in [-0.39, 0.29) is 0 Å².